The first-order valence-corrected chi connectivity index (χ1v) is 9.08. The lowest BCUT2D eigenvalue weighted by Crippen LogP contribution is -2.41. The van der Waals surface area contributed by atoms with Gasteiger partial charge < -0.3 is 15.0 Å². The molecule has 2 aromatic carbocycles. The zero-order chi connectivity index (χ0) is 20.5. The van der Waals surface area contributed by atoms with E-state index in [4.69, 9.17) is 16.3 Å². The number of alkyl halides is 3. The van der Waals surface area contributed by atoms with Crippen LogP contribution in [0.3, 0.4) is 0 Å². The number of benzene rings is 2. The van der Waals surface area contributed by atoms with Gasteiger partial charge in [-0.25, -0.2) is 0 Å². The van der Waals surface area contributed by atoms with Crippen LogP contribution in [0.15, 0.2) is 42.5 Å². The van der Waals surface area contributed by atoms with E-state index in [1.807, 2.05) is 12.1 Å². The summed E-state index contributed by atoms with van der Waals surface area (Å²) in [5.74, 6) is -0.763. The van der Waals surface area contributed by atoms with Crippen LogP contribution < -0.4 is 10.1 Å². The largest absolute Gasteiger partial charge is 0.496 e. The Bertz CT molecular complexity index is 856. The van der Waals surface area contributed by atoms with E-state index in [1.165, 1.54) is 24.1 Å². The molecule has 0 aromatic heterocycles. The second-order valence-corrected chi connectivity index (χ2v) is 7.15. The topological polar surface area (TPSA) is 41.6 Å². The number of likely N-dealkylation sites (N-methyl/N-ethyl adjacent to an activating group) is 1. The lowest BCUT2D eigenvalue weighted by Gasteiger charge is -2.29. The SMILES string of the molecule is COc1ccc(C(=O)N(C)[C@H]2CNC[C@@H]2c2ccc(Cl)cc2)cc1C(F)(F)F. The van der Waals surface area contributed by atoms with Gasteiger partial charge in [-0.05, 0) is 35.9 Å². The molecule has 28 heavy (non-hydrogen) atoms. The van der Waals surface area contributed by atoms with Crippen molar-refractivity contribution in [2.75, 3.05) is 27.2 Å². The summed E-state index contributed by atoms with van der Waals surface area (Å²) in [6, 6.07) is 10.6. The molecule has 3 rings (SSSR count). The number of carbonyl (C=O) groups excluding carboxylic acids is 1. The van der Waals surface area contributed by atoms with Gasteiger partial charge in [-0.2, -0.15) is 13.2 Å². The van der Waals surface area contributed by atoms with Crippen LogP contribution >= 0.6 is 11.6 Å². The molecular formula is C20H20ClF3N2O2. The van der Waals surface area contributed by atoms with Crippen molar-refractivity contribution in [2.24, 2.45) is 0 Å². The lowest BCUT2D eigenvalue weighted by molar-refractivity contribution is -0.138. The fraction of sp³-hybridized carbons (Fsp3) is 0.350. The van der Waals surface area contributed by atoms with Gasteiger partial charge in [0.15, 0.2) is 0 Å². The first-order chi connectivity index (χ1) is 13.2. The van der Waals surface area contributed by atoms with Crippen LogP contribution in [0.2, 0.25) is 5.02 Å². The first kappa shape index (κ1) is 20.5. The molecule has 1 aliphatic heterocycles. The predicted octanol–water partition coefficient (Wildman–Crippen LogP) is 4.20. The summed E-state index contributed by atoms with van der Waals surface area (Å²) in [4.78, 5) is 14.4. The molecular weight excluding hydrogens is 393 g/mol. The minimum Gasteiger partial charge on any atom is -0.496 e. The lowest BCUT2D eigenvalue weighted by atomic mass is 9.93. The molecule has 0 spiro atoms. The monoisotopic (exact) mass is 412 g/mol. The van der Waals surface area contributed by atoms with Crippen LogP contribution in [0.1, 0.15) is 27.4 Å². The third kappa shape index (κ3) is 4.10. The van der Waals surface area contributed by atoms with Gasteiger partial charge in [0.1, 0.15) is 5.75 Å². The maximum Gasteiger partial charge on any atom is 0.419 e. The zero-order valence-corrected chi connectivity index (χ0v) is 16.1. The smallest absolute Gasteiger partial charge is 0.419 e. The highest BCUT2D eigenvalue weighted by molar-refractivity contribution is 6.30. The number of nitrogens with zero attached hydrogens (tertiary/aromatic N) is 1. The minimum atomic E-state index is -4.61. The van der Waals surface area contributed by atoms with E-state index in [0.717, 1.165) is 11.6 Å². The summed E-state index contributed by atoms with van der Waals surface area (Å²) >= 11 is 5.94. The van der Waals surface area contributed by atoms with Crippen LogP contribution in [0, 0.1) is 0 Å². The molecule has 1 fully saturated rings. The van der Waals surface area contributed by atoms with Crippen LogP contribution in [0.4, 0.5) is 13.2 Å². The molecule has 2 atom stereocenters. The third-order valence-corrected chi connectivity index (χ3v) is 5.30. The summed E-state index contributed by atoms with van der Waals surface area (Å²) in [7, 11) is 2.78. The Balaban J connectivity index is 1.86. The molecule has 8 heteroatoms. The number of nitrogens with one attached hydrogen (secondary N) is 1. The number of methoxy groups -OCH3 is 1. The molecule has 4 nitrogen and oxygen atoms in total. The van der Waals surface area contributed by atoms with E-state index in [2.05, 4.69) is 5.32 Å². The van der Waals surface area contributed by atoms with Crippen molar-refractivity contribution in [3.05, 3.63) is 64.2 Å². The van der Waals surface area contributed by atoms with Gasteiger partial charge in [-0.15, -0.1) is 0 Å². The van der Waals surface area contributed by atoms with Crippen LogP contribution in [0.5, 0.6) is 5.75 Å². The third-order valence-electron chi connectivity index (χ3n) is 5.05. The van der Waals surface area contributed by atoms with E-state index in [0.29, 0.717) is 18.1 Å². The van der Waals surface area contributed by atoms with Crippen molar-refractivity contribution in [3.8, 4) is 5.75 Å². The van der Waals surface area contributed by atoms with E-state index >= 15 is 0 Å². The zero-order valence-electron chi connectivity index (χ0n) is 15.4. The van der Waals surface area contributed by atoms with Gasteiger partial charge in [-0.3, -0.25) is 4.79 Å². The number of carbonyl (C=O) groups is 1. The molecule has 1 N–H and O–H groups in total. The molecule has 1 heterocycles. The summed E-state index contributed by atoms with van der Waals surface area (Å²) < 4.78 is 44.6. The van der Waals surface area contributed by atoms with Crippen LogP contribution in [0.25, 0.3) is 0 Å². The molecule has 1 amide bonds. The second kappa shape index (κ2) is 8.01. The maximum absolute atomic E-state index is 13.3. The maximum atomic E-state index is 13.3. The van der Waals surface area contributed by atoms with Crippen molar-refractivity contribution in [1.82, 2.24) is 10.2 Å². The average Bonchev–Trinajstić information content (AvgIpc) is 3.16. The van der Waals surface area contributed by atoms with Crippen molar-refractivity contribution in [1.29, 1.82) is 0 Å². The molecule has 0 radical (unpaired) electrons. The van der Waals surface area contributed by atoms with E-state index in [9.17, 15) is 18.0 Å². The molecule has 0 saturated carbocycles. The number of halogens is 4. The fourth-order valence-corrected chi connectivity index (χ4v) is 3.66. The van der Waals surface area contributed by atoms with E-state index in [1.54, 1.807) is 19.2 Å². The number of rotatable bonds is 4. The minimum absolute atomic E-state index is 0.0200. The van der Waals surface area contributed by atoms with E-state index < -0.39 is 17.6 Å². The molecule has 1 aliphatic rings. The molecule has 0 unspecified atom stereocenters. The van der Waals surface area contributed by atoms with Gasteiger partial charge in [0.25, 0.3) is 5.91 Å². The quantitative estimate of drug-likeness (QED) is 0.818. The highest BCUT2D eigenvalue weighted by atomic mass is 35.5. The summed E-state index contributed by atoms with van der Waals surface area (Å²) in [6.07, 6.45) is -4.61. The Morgan fingerprint density at radius 2 is 1.86 bits per heavy atom. The number of ether oxygens (including phenoxy) is 1. The van der Waals surface area contributed by atoms with Crippen LogP contribution in [-0.4, -0.2) is 44.1 Å². The number of hydrogen-bond acceptors (Lipinski definition) is 3. The molecule has 2 aromatic rings. The Kier molecular flexibility index (Phi) is 5.86. The van der Waals surface area contributed by atoms with Gasteiger partial charge >= 0.3 is 6.18 Å². The summed E-state index contributed by atoms with van der Waals surface area (Å²) in [6.45, 7) is 1.22. The number of amides is 1. The average molecular weight is 413 g/mol. The van der Waals surface area contributed by atoms with Crippen LogP contribution in [-0.2, 0) is 6.18 Å². The van der Waals surface area contributed by atoms with Crippen molar-refractivity contribution in [2.45, 2.75) is 18.1 Å². The van der Waals surface area contributed by atoms with Crippen molar-refractivity contribution < 1.29 is 22.7 Å². The Morgan fingerprint density at radius 1 is 1.18 bits per heavy atom. The molecule has 0 bridgehead atoms. The van der Waals surface area contributed by atoms with Gasteiger partial charge in [0.2, 0.25) is 0 Å². The normalized spacial score (nSPS) is 19.5. The van der Waals surface area contributed by atoms with Gasteiger partial charge in [-0.1, -0.05) is 23.7 Å². The Hall–Kier alpha value is -2.25. The van der Waals surface area contributed by atoms with E-state index in [-0.39, 0.29) is 23.3 Å². The van der Waals surface area contributed by atoms with Crippen molar-refractivity contribution >= 4 is 17.5 Å². The highest BCUT2D eigenvalue weighted by Crippen LogP contribution is 2.37. The Labute approximate surface area is 166 Å². The highest BCUT2D eigenvalue weighted by Gasteiger charge is 2.37. The second-order valence-electron chi connectivity index (χ2n) is 6.71. The fourth-order valence-electron chi connectivity index (χ4n) is 3.54. The molecule has 1 saturated heterocycles. The van der Waals surface area contributed by atoms with Gasteiger partial charge in [0, 0.05) is 36.6 Å². The van der Waals surface area contributed by atoms with Gasteiger partial charge in [0.05, 0.1) is 18.7 Å². The predicted molar refractivity (Wildman–Crippen MR) is 101 cm³/mol. The molecule has 0 aliphatic carbocycles. The summed E-state index contributed by atoms with van der Waals surface area (Å²) in [5, 5.41) is 3.87. The summed E-state index contributed by atoms with van der Waals surface area (Å²) in [5.41, 5.74) is 0.0233. The molecule has 150 valence electrons. The first-order valence-electron chi connectivity index (χ1n) is 8.71. The van der Waals surface area contributed by atoms with Crippen molar-refractivity contribution in [3.63, 3.8) is 0 Å². The number of hydrogen-bond donors (Lipinski definition) is 1. The Morgan fingerprint density at radius 3 is 2.46 bits per heavy atom. The standard InChI is InChI=1S/C20H20ClF3N2O2/c1-26(17-11-25-10-15(17)12-3-6-14(21)7-4-12)19(27)13-5-8-18(28-2)16(9-13)20(22,23)24/h3-9,15,17,25H,10-11H2,1-2H3/t15-,17+/m1/s1.